The van der Waals surface area contributed by atoms with E-state index in [2.05, 4.69) is 24.6 Å². The van der Waals surface area contributed by atoms with Crippen LogP contribution in [0.15, 0.2) is 24.3 Å². The summed E-state index contributed by atoms with van der Waals surface area (Å²) < 4.78 is 20.7. The molecule has 1 aliphatic carbocycles. The van der Waals surface area contributed by atoms with Gasteiger partial charge in [0.15, 0.2) is 0 Å². The average molecular weight is 388 g/mol. The Balaban J connectivity index is 1.38. The number of aromatic nitrogens is 3. The van der Waals surface area contributed by atoms with Crippen LogP contribution in [0.4, 0.5) is 10.1 Å². The second kappa shape index (κ2) is 8.55. The molecule has 2 N–H and O–H groups in total. The number of methoxy groups -OCH3 is 1. The van der Waals surface area contributed by atoms with Crippen LogP contribution in [0.5, 0.6) is 0 Å². The van der Waals surface area contributed by atoms with Crippen molar-refractivity contribution in [3.05, 3.63) is 41.7 Å². The van der Waals surface area contributed by atoms with Gasteiger partial charge in [-0.25, -0.2) is 4.39 Å². The van der Waals surface area contributed by atoms with Crippen LogP contribution in [-0.2, 0) is 17.8 Å². The lowest BCUT2D eigenvalue weighted by atomic mass is 9.80. The number of halogens is 1. The first kappa shape index (κ1) is 19.3. The summed E-state index contributed by atoms with van der Waals surface area (Å²) in [6.07, 6.45) is 1.98. The number of rotatable bonds is 7. The zero-order chi connectivity index (χ0) is 19.5. The molecule has 0 atom stereocenters. The number of piperazine rings is 1. The Hall–Kier alpha value is -2.03. The largest absolute Gasteiger partial charge is 0.383 e. The molecule has 1 aliphatic heterocycles. The van der Waals surface area contributed by atoms with Crippen molar-refractivity contribution in [2.24, 2.45) is 5.73 Å². The molecule has 1 saturated carbocycles. The van der Waals surface area contributed by atoms with Crippen molar-refractivity contribution in [1.82, 2.24) is 19.7 Å². The van der Waals surface area contributed by atoms with E-state index in [9.17, 15) is 4.39 Å². The van der Waals surface area contributed by atoms with Crippen LogP contribution < -0.4 is 10.6 Å². The van der Waals surface area contributed by atoms with E-state index in [4.69, 9.17) is 10.5 Å². The van der Waals surface area contributed by atoms with Crippen LogP contribution in [0.3, 0.4) is 0 Å². The average Bonchev–Trinajstić information content (AvgIpc) is 3.07. The number of hydrogen-bond acceptors (Lipinski definition) is 6. The van der Waals surface area contributed by atoms with Gasteiger partial charge in [-0.05, 0) is 37.1 Å². The van der Waals surface area contributed by atoms with Gasteiger partial charge in [-0.2, -0.15) is 0 Å². The van der Waals surface area contributed by atoms with Crippen molar-refractivity contribution in [3.8, 4) is 0 Å². The molecular formula is C20H29FN6O. The van der Waals surface area contributed by atoms with Crippen LogP contribution in [0, 0.1) is 5.82 Å². The molecule has 1 aromatic carbocycles. The van der Waals surface area contributed by atoms with Crippen LogP contribution >= 0.6 is 0 Å². The highest BCUT2D eigenvalue weighted by Gasteiger charge is 2.32. The van der Waals surface area contributed by atoms with Crippen LogP contribution in [0.25, 0.3) is 0 Å². The van der Waals surface area contributed by atoms with E-state index >= 15 is 0 Å². The van der Waals surface area contributed by atoms with Crippen LogP contribution in [0.2, 0.25) is 0 Å². The minimum Gasteiger partial charge on any atom is -0.383 e. The molecule has 0 spiro atoms. The molecular weight excluding hydrogens is 359 g/mol. The van der Waals surface area contributed by atoms with E-state index in [0.29, 0.717) is 18.6 Å². The molecule has 2 aliphatic rings. The highest BCUT2D eigenvalue weighted by atomic mass is 19.1. The number of hydrogen-bond donors (Lipinski definition) is 1. The minimum atomic E-state index is -0.194. The first-order valence-electron chi connectivity index (χ1n) is 10.0. The third-order valence-corrected chi connectivity index (χ3v) is 5.84. The molecule has 2 fully saturated rings. The molecule has 1 saturated heterocycles. The van der Waals surface area contributed by atoms with E-state index in [1.165, 1.54) is 12.1 Å². The van der Waals surface area contributed by atoms with E-state index < -0.39 is 0 Å². The van der Waals surface area contributed by atoms with Crippen molar-refractivity contribution in [3.63, 3.8) is 0 Å². The van der Waals surface area contributed by atoms with E-state index in [-0.39, 0.29) is 5.82 Å². The van der Waals surface area contributed by atoms with Crippen molar-refractivity contribution >= 4 is 5.69 Å². The van der Waals surface area contributed by atoms with Crippen molar-refractivity contribution < 1.29 is 9.13 Å². The van der Waals surface area contributed by atoms with E-state index in [0.717, 1.165) is 69.4 Å². The summed E-state index contributed by atoms with van der Waals surface area (Å²) in [5, 5.41) is 8.99. The number of nitrogens with two attached hydrogens (primary N) is 1. The quantitative estimate of drug-likeness (QED) is 0.777. The molecule has 0 amide bonds. The number of ether oxygens (including phenoxy) is 1. The maximum Gasteiger partial charge on any atom is 0.147 e. The Morgan fingerprint density at radius 2 is 1.82 bits per heavy atom. The summed E-state index contributed by atoms with van der Waals surface area (Å²) in [6.45, 7) is 5.93. The number of nitrogens with zero attached hydrogens (tertiary/aromatic N) is 5. The summed E-state index contributed by atoms with van der Waals surface area (Å²) in [6, 6.07) is 7.03. The zero-order valence-corrected chi connectivity index (χ0v) is 16.4. The predicted molar refractivity (Wildman–Crippen MR) is 106 cm³/mol. The van der Waals surface area contributed by atoms with E-state index in [1.54, 1.807) is 7.11 Å². The summed E-state index contributed by atoms with van der Waals surface area (Å²) in [5.74, 6) is 2.28. The van der Waals surface area contributed by atoms with Crippen molar-refractivity contribution in [2.45, 2.75) is 37.9 Å². The maximum atomic E-state index is 13.1. The predicted octanol–water partition coefficient (Wildman–Crippen LogP) is 1.59. The fraction of sp³-hybridized carbons (Fsp3) is 0.600. The molecule has 2 aromatic rings. The van der Waals surface area contributed by atoms with Gasteiger partial charge in [0.25, 0.3) is 0 Å². The second-order valence-corrected chi connectivity index (χ2v) is 7.79. The van der Waals surface area contributed by atoms with Gasteiger partial charge in [-0.3, -0.25) is 4.90 Å². The Labute approximate surface area is 165 Å². The molecule has 28 heavy (non-hydrogen) atoms. The minimum absolute atomic E-state index is 0.194. The lowest BCUT2D eigenvalue weighted by Gasteiger charge is -2.36. The van der Waals surface area contributed by atoms with Crippen LogP contribution in [-0.4, -0.2) is 65.6 Å². The fourth-order valence-electron chi connectivity index (χ4n) is 4.08. The molecule has 1 aromatic heterocycles. The lowest BCUT2D eigenvalue weighted by Crippen LogP contribution is -2.46. The van der Waals surface area contributed by atoms with Gasteiger partial charge < -0.3 is 19.9 Å². The van der Waals surface area contributed by atoms with Gasteiger partial charge in [-0.1, -0.05) is 0 Å². The molecule has 0 radical (unpaired) electrons. The summed E-state index contributed by atoms with van der Waals surface area (Å²) in [7, 11) is 1.72. The normalized spacial score (nSPS) is 23.0. The third-order valence-electron chi connectivity index (χ3n) is 5.84. The third kappa shape index (κ3) is 4.19. The monoisotopic (exact) mass is 388 g/mol. The highest BCUT2D eigenvalue weighted by Crippen LogP contribution is 2.35. The van der Waals surface area contributed by atoms with Gasteiger partial charge >= 0.3 is 0 Å². The zero-order valence-electron chi connectivity index (χ0n) is 16.4. The molecule has 2 heterocycles. The molecule has 4 rings (SSSR count). The Morgan fingerprint density at radius 1 is 1.11 bits per heavy atom. The number of anilines is 1. The Kier molecular flexibility index (Phi) is 5.89. The summed E-state index contributed by atoms with van der Waals surface area (Å²) in [4.78, 5) is 4.70. The van der Waals surface area contributed by atoms with E-state index in [1.807, 2.05) is 12.1 Å². The second-order valence-electron chi connectivity index (χ2n) is 7.79. The Morgan fingerprint density at radius 3 is 2.46 bits per heavy atom. The number of benzene rings is 1. The van der Waals surface area contributed by atoms with Gasteiger partial charge in [0.1, 0.15) is 17.5 Å². The SMILES string of the molecule is COCCn1c(CN2CCN(c3ccc(F)cc3)CC2)nnc1C1CC(N)C1. The first-order chi connectivity index (χ1) is 13.6. The lowest BCUT2D eigenvalue weighted by molar-refractivity contribution is 0.179. The summed E-state index contributed by atoms with van der Waals surface area (Å²) >= 11 is 0. The van der Waals surface area contributed by atoms with Gasteiger partial charge in [0.05, 0.1) is 13.2 Å². The smallest absolute Gasteiger partial charge is 0.147 e. The topological polar surface area (TPSA) is 72.4 Å². The molecule has 0 unspecified atom stereocenters. The maximum absolute atomic E-state index is 13.1. The van der Waals surface area contributed by atoms with Gasteiger partial charge in [0.2, 0.25) is 0 Å². The fourth-order valence-corrected chi connectivity index (χ4v) is 4.08. The Bertz CT molecular complexity index is 766. The molecule has 7 nitrogen and oxygen atoms in total. The standard InChI is InChI=1S/C20H29FN6O/c1-28-11-10-27-19(23-24-20(27)15-12-17(22)13-15)14-25-6-8-26(9-7-25)18-4-2-16(21)3-5-18/h2-5,15,17H,6-14,22H2,1H3. The van der Waals surface area contributed by atoms with Crippen molar-refractivity contribution in [2.75, 3.05) is 44.8 Å². The van der Waals surface area contributed by atoms with Gasteiger partial charge in [-0.15, -0.1) is 10.2 Å². The highest BCUT2D eigenvalue weighted by molar-refractivity contribution is 5.46. The van der Waals surface area contributed by atoms with Crippen LogP contribution in [0.1, 0.15) is 30.4 Å². The first-order valence-corrected chi connectivity index (χ1v) is 10.0. The summed E-state index contributed by atoms with van der Waals surface area (Å²) in [5.41, 5.74) is 7.04. The molecule has 0 bridgehead atoms. The molecule has 8 heteroatoms. The van der Waals surface area contributed by atoms with Gasteiger partial charge in [0, 0.05) is 57.5 Å². The molecule has 152 valence electrons. The van der Waals surface area contributed by atoms with Crippen molar-refractivity contribution in [1.29, 1.82) is 0 Å².